The maximum Gasteiger partial charge on any atom is 0.243 e. The molecular weight excluding hydrogens is 594 g/mol. The minimum absolute atomic E-state index is 0.0132. The highest BCUT2D eigenvalue weighted by atomic mass is 16.2. The SMILES string of the molecule is NCCC[C@@H](C(N)=O)N(CCCCCNC(=O)[C@H](CC(N)=O)NC(=O)Cc1c[nH]c2ccccc12)C(=O)[C@@H](N)CCCN=C(N)N. The van der Waals surface area contributed by atoms with Gasteiger partial charge in [-0.25, -0.2) is 0 Å². The first-order chi connectivity index (χ1) is 21.9. The molecule has 1 aromatic heterocycles. The molecule has 0 bridgehead atoms. The van der Waals surface area contributed by atoms with E-state index in [9.17, 15) is 24.0 Å². The second kappa shape index (κ2) is 19.6. The minimum Gasteiger partial charge on any atom is -0.370 e. The Kier molecular flexibility index (Phi) is 16.0. The normalized spacial score (nSPS) is 12.9. The summed E-state index contributed by atoms with van der Waals surface area (Å²) in [5.74, 6) is -2.80. The summed E-state index contributed by atoms with van der Waals surface area (Å²) in [7, 11) is 0. The lowest BCUT2D eigenvalue weighted by atomic mass is 10.0. The number of carbonyl (C=O) groups excluding carboxylic acids is 5. The first kappa shape index (κ1) is 37.5. The molecule has 0 saturated carbocycles. The Morgan fingerprint density at radius 2 is 1.67 bits per heavy atom. The number of nitrogens with two attached hydrogens (primary N) is 6. The molecular formula is C30H49N11O5. The van der Waals surface area contributed by atoms with Crippen LogP contribution in [0.1, 0.15) is 56.9 Å². The number of unbranched alkanes of at least 4 members (excludes halogenated alkanes) is 2. The molecule has 16 heteroatoms. The molecule has 2 aromatic rings. The molecule has 46 heavy (non-hydrogen) atoms. The van der Waals surface area contributed by atoms with Crippen LogP contribution < -0.4 is 45.0 Å². The van der Waals surface area contributed by atoms with Crippen LogP contribution in [0.2, 0.25) is 0 Å². The number of para-hydroxylation sites is 1. The average molecular weight is 644 g/mol. The number of aromatic nitrogens is 1. The third kappa shape index (κ3) is 12.7. The zero-order valence-electron chi connectivity index (χ0n) is 26.2. The number of nitrogens with one attached hydrogen (secondary N) is 3. The Bertz CT molecular complexity index is 1340. The zero-order valence-corrected chi connectivity index (χ0v) is 26.2. The van der Waals surface area contributed by atoms with Crippen molar-refractivity contribution in [1.82, 2.24) is 20.5 Å². The van der Waals surface area contributed by atoms with E-state index in [-0.39, 0.29) is 31.9 Å². The van der Waals surface area contributed by atoms with Crippen LogP contribution in [0.3, 0.4) is 0 Å². The standard InChI is InChI=1S/C30H49N11O5/c31-12-6-11-24(27(34)44)41(29(46)21(32)9-7-14-38-30(35)36)15-5-1-4-13-37-28(45)23(17-25(33)42)40-26(43)16-19-18-39-22-10-3-2-8-20(19)22/h2-3,8,10,18,21,23-24,39H,1,4-7,9,11-17,31-32H2,(H2,33,42)(H2,34,44)(H,37,45)(H,40,43)(H4,35,36,38)/t21-,23-,24-/m0/s1. The van der Waals surface area contributed by atoms with Gasteiger partial charge in [-0.1, -0.05) is 18.2 Å². The van der Waals surface area contributed by atoms with Gasteiger partial charge in [0, 0.05) is 36.7 Å². The van der Waals surface area contributed by atoms with Gasteiger partial charge in [0.25, 0.3) is 0 Å². The number of carbonyl (C=O) groups is 5. The van der Waals surface area contributed by atoms with Gasteiger partial charge < -0.3 is 54.9 Å². The summed E-state index contributed by atoms with van der Waals surface area (Å²) in [6, 6.07) is 4.66. The predicted octanol–water partition coefficient (Wildman–Crippen LogP) is -1.84. The summed E-state index contributed by atoms with van der Waals surface area (Å²) >= 11 is 0. The Labute approximate surface area is 268 Å². The van der Waals surface area contributed by atoms with Crippen molar-refractivity contribution in [3.8, 4) is 0 Å². The number of fused-ring (bicyclic) bond motifs is 1. The van der Waals surface area contributed by atoms with E-state index in [1.165, 1.54) is 4.90 Å². The number of nitrogens with zero attached hydrogens (tertiary/aromatic N) is 2. The van der Waals surface area contributed by atoms with E-state index in [1.54, 1.807) is 6.20 Å². The van der Waals surface area contributed by atoms with Crippen molar-refractivity contribution in [2.45, 2.75) is 75.9 Å². The van der Waals surface area contributed by atoms with E-state index in [0.717, 1.165) is 16.5 Å². The van der Waals surface area contributed by atoms with Crippen molar-refractivity contribution in [2.75, 3.05) is 26.2 Å². The maximum absolute atomic E-state index is 13.3. The average Bonchev–Trinajstić information content (AvgIpc) is 3.41. The van der Waals surface area contributed by atoms with Crippen molar-refractivity contribution in [3.63, 3.8) is 0 Å². The number of hydrogen-bond donors (Lipinski definition) is 9. The van der Waals surface area contributed by atoms with Crippen LogP contribution in [0.4, 0.5) is 0 Å². The summed E-state index contributed by atoms with van der Waals surface area (Å²) in [5.41, 5.74) is 35.1. The quantitative estimate of drug-likeness (QED) is 0.0395. The van der Waals surface area contributed by atoms with Gasteiger partial charge in [-0.15, -0.1) is 0 Å². The molecule has 0 spiro atoms. The summed E-state index contributed by atoms with van der Waals surface area (Å²) in [5, 5.41) is 6.23. The van der Waals surface area contributed by atoms with Gasteiger partial charge in [-0.2, -0.15) is 0 Å². The second-order valence-corrected chi connectivity index (χ2v) is 11.1. The lowest BCUT2D eigenvalue weighted by molar-refractivity contribution is -0.141. The summed E-state index contributed by atoms with van der Waals surface area (Å²) in [6.07, 6.45) is 4.58. The number of rotatable bonds is 22. The first-order valence-corrected chi connectivity index (χ1v) is 15.5. The molecule has 5 amide bonds. The second-order valence-electron chi connectivity index (χ2n) is 11.1. The zero-order chi connectivity index (χ0) is 34.1. The molecule has 254 valence electrons. The number of H-pyrrole nitrogens is 1. The lowest BCUT2D eigenvalue weighted by Crippen LogP contribution is -2.53. The lowest BCUT2D eigenvalue weighted by Gasteiger charge is -2.32. The Morgan fingerprint density at radius 3 is 2.35 bits per heavy atom. The molecule has 1 heterocycles. The van der Waals surface area contributed by atoms with Crippen LogP contribution in [0, 0.1) is 0 Å². The molecule has 0 aliphatic heterocycles. The summed E-state index contributed by atoms with van der Waals surface area (Å²) in [4.78, 5) is 71.1. The fourth-order valence-corrected chi connectivity index (χ4v) is 5.06. The Morgan fingerprint density at radius 1 is 0.935 bits per heavy atom. The molecule has 2 rings (SSSR count). The van der Waals surface area contributed by atoms with E-state index in [0.29, 0.717) is 58.0 Å². The third-order valence-electron chi connectivity index (χ3n) is 7.41. The first-order valence-electron chi connectivity index (χ1n) is 15.5. The van der Waals surface area contributed by atoms with Gasteiger partial charge >= 0.3 is 0 Å². The highest BCUT2D eigenvalue weighted by Crippen LogP contribution is 2.18. The van der Waals surface area contributed by atoms with Gasteiger partial charge in [0.15, 0.2) is 5.96 Å². The Hall–Kier alpha value is -4.70. The number of benzene rings is 1. The van der Waals surface area contributed by atoms with E-state index in [1.807, 2.05) is 24.3 Å². The molecule has 0 aliphatic rings. The van der Waals surface area contributed by atoms with Gasteiger partial charge in [0.2, 0.25) is 29.5 Å². The van der Waals surface area contributed by atoms with Crippen LogP contribution in [0.15, 0.2) is 35.5 Å². The van der Waals surface area contributed by atoms with Crippen LogP contribution in [-0.4, -0.2) is 89.7 Å². The molecule has 3 atom stereocenters. The van der Waals surface area contributed by atoms with Crippen molar-refractivity contribution >= 4 is 46.4 Å². The molecule has 0 fully saturated rings. The number of hydrogen-bond acceptors (Lipinski definition) is 8. The number of amides is 5. The number of aromatic amines is 1. The van der Waals surface area contributed by atoms with Crippen LogP contribution in [0.5, 0.6) is 0 Å². The van der Waals surface area contributed by atoms with E-state index in [2.05, 4.69) is 20.6 Å². The summed E-state index contributed by atoms with van der Waals surface area (Å²) in [6.45, 7) is 1.11. The van der Waals surface area contributed by atoms with Crippen molar-refractivity contribution < 1.29 is 24.0 Å². The van der Waals surface area contributed by atoms with E-state index < -0.39 is 47.7 Å². The fourth-order valence-electron chi connectivity index (χ4n) is 5.06. The number of primary amides is 2. The van der Waals surface area contributed by atoms with Crippen LogP contribution in [-0.2, 0) is 30.4 Å². The molecule has 1 aromatic carbocycles. The molecule has 0 saturated heterocycles. The third-order valence-corrected chi connectivity index (χ3v) is 7.41. The molecule has 0 unspecified atom stereocenters. The van der Waals surface area contributed by atoms with Gasteiger partial charge in [0.1, 0.15) is 12.1 Å². The number of aliphatic imine (C=N–C) groups is 1. The monoisotopic (exact) mass is 643 g/mol. The highest BCUT2D eigenvalue weighted by molar-refractivity contribution is 5.94. The van der Waals surface area contributed by atoms with Gasteiger partial charge in [-0.3, -0.25) is 29.0 Å². The molecule has 0 aliphatic carbocycles. The summed E-state index contributed by atoms with van der Waals surface area (Å²) < 4.78 is 0. The molecule has 15 N–H and O–H groups in total. The van der Waals surface area contributed by atoms with Gasteiger partial charge in [-0.05, 0) is 63.1 Å². The van der Waals surface area contributed by atoms with E-state index >= 15 is 0 Å². The predicted molar refractivity (Wildman–Crippen MR) is 175 cm³/mol. The number of guanidine groups is 1. The maximum atomic E-state index is 13.3. The van der Waals surface area contributed by atoms with Crippen LogP contribution in [0.25, 0.3) is 10.9 Å². The minimum atomic E-state index is -1.13. The van der Waals surface area contributed by atoms with E-state index in [4.69, 9.17) is 34.4 Å². The van der Waals surface area contributed by atoms with Crippen molar-refractivity contribution in [2.24, 2.45) is 39.4 Å². The van der Waals surface area contributed by atoms with Crippen LogP contribution >= 0.6 is 0 Å². The topological polar surface area (TPSA) is 297 Å². The smallest absolute Gasteiger partial charge is 0.243 e. The fraction of sp³-hybridized carbons (Fsp3) is 0.533. The highest BCUT2D eigenvalue weighted by Gasteiger charge is 2.30. The van der Waals surface area contributed by atoms with Crippen molar-refractivity contribution in [1.29, 1.82) is 0 Å². The molecule has 16 nitrogen and oxygen atoms in total. The largest absolute Gasteiger partial charge is 0.370 e. The molecule has 0 radical (unpaired) electrons. The van der Waals surface area contributed by atoms with Gasteiger partial charge in [0.05, 0.1) is 18.9 Å². The Balaban J connectivity index is 1.90. The van der Waals surface area contributed by atoms with Crippen molar-refractivity contribution in [3.05, 3.63) is 36.0 Å².